The van der Waals surface area contributed by atoms with E-state index in [1.807, 2.05) is 0 Å². The zero-order valence-corrected chi connectivity index (χ0v) is 14.6. The van der Waals surface area contributed by atoms with Crippen LogP contribution in [0.2, 0.25) is 0 Å². The predicted molar refractivity (Wildman–Crippen MR) is 88.1 cm³/mol. The monoisotopic (exact) mass is 448 g/mol. The molecule has 0 aromatic heterocycles. The Morgan fingerprint density at radius 3 is 1.76 bits per heavy atom. The van der Waals surface area contributed by atoms with Gasteiger partial charge in [0.05, 0.1) is 34.3 Å². The molecule has 0 unspecified atom stereocenters. The molecule has 0 saturated carbocycles. The minimum absolute atomic E-state index is 0.141. The summed E-state index contributed by atoms with van der Waals surface area (Å²) >= 11 is -0.874. The number of nitrogens with one attached hydrogen (secondary N) is 2. The van der Waals surface area contributed by atoms with Crippen LogP contribution in [0.3, 0.4) is 0 Å². The molecule has 2 aromatic carbocycles. The van der Waals surface area contributed by atoms with Crippen LogP contribution in [0.15, 0.2) is 42.5 Å². The summed E-state index contributed by atoms with van der Waals surface area (Å²) in [6.07, 6.45) is -9.50. The van der Waals surface area contributed by atoms with E-state index in [-0.39, 0.29) is 5.69 Å². The van der Waals surface area contributed by atoms with E-state index in [2.05, 4.69) is 5.32 Å². The van der Waals surface area contributed by atoms with Crippen molar-refractivity contribution in [3.8, 4) is 0 Å². The molecule has 1 amide bonds. The van der Waals surface area contributed by atoms with E-state index in [1.165, 1.54) is 0 Å². The number of anilines is 2. The number of benzene rings is 2. The molecular weight excluding hydrogens is 439 g/mol. The summed E-state index contributed by atoms with van der Waals surface area (Å²) in [6, 6.07) is 4.56. The Bertz CT molecular complexity index is 874. The molecule has 0 spiro atoms. The fourth-order valence-electron chi connectivity index (χ4n) is 2.06. The molecule has 0 radical (unpaired) electrons. The van der Waals surface area contributed by atoms with Crippen molar-refractivity contribution in [2.75, 3.05) is 10.0 Å². The first kappa shape index (κ1) is 22.7. The van der Waals surface area contributed by atoms with Gasteiger partial charge in [-0.15, -0.1) is 0 Å². The largest absolute Gasteiger partial charge is 0.461 e. The van der Waals surface area contributed by atoms with E-state index in [0.717, 1.165) is 12.1 Å². The number of halogens is 9. The lowest BCUT2D eigenvalue weighted by Crippen LogP contribution is -2.16. The number of rotatable bonds is 4. The van der Waals surface area contributed by atoms with E-state index in [4.69, 9.17) is 0 Å². The molecule has 0 atom stereocenters. The maximum Gasteiger partial charge on any atom is 0.461 e. The van der Waals surface area contributed by atoms with Crippen molar-refractivity contribution in [1.82, 2.24) is 0 Å². The Balaban J connectivity index is 2.30. The van der Waals surface area contributed by atoms with Crippen LogP contribution in [0.4, 0.5) is 50.9 Å². The van der Waals surface area contributed by atoms with Crippen LogP contribution < -0.4 is 10.0 Å². The van der Waals surface area contributed by atoms with Crippen molar-refractivity contribution in [2.24, 2.45) is 0 Å². The van der Waals surface area contributed by atoms with Crippen molar-refractivity contribution >= 4 is 29.2 Å². The van der Waals surface area contributed by atoms with Crippen molar-refractivity contribution < 1.29 is 44.3 Å². The molecule has 0 fully saturated rings. The summed E-state index contributed by atoms with van der Waals surface area (Å²) in [5.74, 6) is -1.12. The van der Waals surface area contributed by atoms with Gasteiger partial charge in [0, 0.05) is 5.69 Å². The van der Waals surface area contributed by atoms with Gasteiger partial charge in [-0.05, 0) is 42.5 Å². The second-order valence-electron chi connectivity index (χ2n) is 5.44. The second-order valence-corrected chi connectivity index (χ2v) is 6.31. The minimum Gasteiger partial charge on any atom is -0.322 e. The topological polar surface area (TPSA) is 41.1 Å². The summed E-state index contributed by atoms with van der Waals surface area (Å²) in [7, 11) is 0. The average Bonchev–Trinajstić information content (AvgIpc) is 2.58. The lowest BCUT2D eigenvalue weighted by Gasteiger charge is -2.15. The summed E-state index contributed by atoms with van der Waals surface area (Å²) < 4.78 is 115. The molecule has 2 N–H and O–H groups in total. The van der Waals surface area contributed by atoms with Crippen molar-refractivity contribution in [3.05, 3.63) is 59.2 Å². The normalized spacial score (nSPS) is 12.6. The summed E-state index contributed by atoms with van der Waals surface area (Å²) in [6.45, 7) is 0. The highest BCUT2D eigenvalue weighted by atomic mass is 32.2. The van der Waals surface area contributed by atoms with Gasteiger partial charge in [0.25, 0.3) is 5.91 Å². The fraction of sp³-hybridized carbons (Fsp3) is 0.188. The number of hydrogen-bond acceptors (Lipinski definition) is 3. The summed E-state index contributed by atoms with van der Waals surface area (Å²) in [5.41, 5.74) is -8.64. The quantitative estimate of drug-likeness (QED) is 0.411. The third-order valence-corrected chi connectivity index (χ3v) is 3.89. The predicted octanol–water partition coefficient (Wildman–Crippen LogP) is 6.56. The minimum atomic E-state index is -4.87. The lowest BCUT2D eigenvalue weighted by molar-refractivity contribution is -0.138. The van der Waals surface area contributed by atoms with Crippen molar-refractivity contribution in [1.29, 1.82) is 0 Å². The fourth-order valence-corrected chi connectivity index (χ4v) is 2.45. The number of carbonyl (C=O) groups excluding carboxylic acids is 1. The number of hydrogen-bond donors (Lipinski definition) is 2. The van der Waals surface area contributed by atoms with Gasteiger partial charge in [-0.3, -0.25) is 4.79 Å². The molecule has 3 nitrogen and oxygen atoms in total. The number of amides is 1. The summed E-state index contributed by atoms with van der Waals surface area (Å²) in [4.78, 5) is 12.3. The molecule has 0 aliphatic carbocycles. The smallest absolute Gasteiger partial charge is 0.322 e. The summed E-state index contributed by atoms with van der Waals surface area (Å²) in [5, 5.41) is 2.11. The van der Waals surface area contributed by atoms with Gasteiger partial charge in [-0.1, -0.05) is 0 Å². The van der Waals surface area contributed by atoms with Crippen molar-refractivity contribution in [3.63, 3.8) is 0 Å². The van der Waals surface area contributed by atoms with Crippen LogP contribution in [-0.4, -0.2) is 11.4 Å². The molecule has 13 heteroatoms. The molecule has 2 aromatic rings. The maximum absolute atomic E-state index is 12.8. The molecular formula is C16H9F9N2OS. The van der Waals surface area contributed by atoms with Gasteiger partial charge >= 0.3 is 17.9 Å². The maximum atomic E-state index is 12.8. The zero-order valence-electron chi connectivity index (χ0n) is 13.8. The molecule has 0 aliphatic heterocycles. The van der Waals surface area contributed by atoms with Crippen molar-refractivity contribution in [2.45, 2.75) is 17.9 Å². The first-order valence-electron chi connectivity index (χ1n) is 7.37. The molecule has 0 aliphatic rings. The molecule has 0 heterocycles. The zero-order chi connectivity index (χ0) is 22.0. The SMILES string of the molecule is O=C(Nc1ccc(C(F)(F)F)cc1)c1ccc(C(F)(F)F)cc1NSC(F)(F)F. The van der Waals surface area contributed by atoms with E-state index in [1.54, 1.807) is 4.72 Å². The highest BCUT2D eigenvalue weighted by Gasteiger charge is 2.34. The Kier molecular flexibility index (Phi) is 6.30. The van der Waals surface area contributed by atoms with Gasteiger partial charge in [0.2, 0.25) is 0 Å². The van der Waals surface area contributed by atoms with E-state index in [9.17, 15) is 44.3 Å². The van der Waals surface area contributed by atoms with E-state index >= 15 is 0 Å². The van der Waals surface area contributed by atoms with Crippen LogP contribution >= 0.6 is 11.9 Å². The first-order valence-corrected chi connectivity index (χ1v) is 8.19. The van der Waals surface area contributed by atoms with E-state index < -0.39 is 58.1 Å². The third-order valence-electron chi connectivity index (χ3n) is 3.34. The Hall–Kier alpha value is -2.57. The molecule has 29 heavy (non-hydrogen) atoms. The molecule has 0 bridgehead atoms. The third kappa shape index (κ3) is 6.48. The van der Waals surface area contributed by atoms with Gasteiger partial charge in [0.15, 0.2) is 0 Å². The van der Waals surface area contributed by atoms with Crippen LogP contribution in [-0.2, 0) is 12.4 Å². The van der Waals surface area contributed by atoms with Gasteiger partial charge in [-0.25, -0.2) is 0 Å². The second kappa shape index (κ2) is 8.05. The van der Waals surface area contributed by atoms with Crippen LogP contribution in [0.1, 0.15) is 21.5 Å². The Morgan fingerprint density at radius 1 is 0.759 bits per heavy atom. The Labute approximate surface area is 161 Å². The van der Waals surface area contributed by atoms with Gasteiger partial charge in [-0.2, -0.15) is 39.5 Å². The Morgan fingerprint density at radius 2 is 1.28 bits per heavy atom. The number of carbonyl (C=O) groups is 1. The molecule has 0 saturated heterocycles. The van der Waals surface area contributed by atoms with E-state index in [0.29, 0.717) is 30.3 Å². The van der Waals surface area contributed by atoms with Gasteiger partial charge < -0.3 is 10.0 Å². The number of alkyl halides is 9. The molecule has 2 rings (SSSR count). The van der Waals surface area contributed by atoms with Crippen LogP contribution in [0.25, 0.3) is 0 Å². The molecule has 158 valence electrons. The standard InChI is InChI=1S/C16H9F9N2OS/c17-14(18,19)8-1-4-10(5-2-8)26-13(28)11-6-3-9(15(20,21)22)7-12(11)27-29-16(23,24)25/h1-7,27H,(H,26,28). The van der Waals surface area contributed by atoms with Crippen LogP contribution in [0.5, 0.6) is 0 Å². The highest BCUT2D eigenvalue weighted by molar-refractivity contribution is 8.01. The lowest BCUT2D eigenvalue weighted by atomic mass is 10.1. The van der Waals surface area contributed by atoms with Gasteiger partial charge in [0.1, 0.15) is 0 Å². The van der Waals surface area contributed by atoms with Crippen LogP contribution in [0, 0.1) is 0 Å². The highest BCUT2D eigenvalue weighted by Crippen LogP contribution is 2.36. The average molecular weight is 448 g/mol. The first-order chi connectivity index (χ1) is 13.2.